The Kier molecular flexibility index (Phi) is 2.13. The molecule has 1 aromatic rings. The third-order valence-corrected chi connectivity index (χ3v) is 3.17. The number of aromatic nitrogens is 3. The minimum Gasteiger partial charge on any atom is -0.481 e. The number of amides is 1. The van der Waals surface area contributed by atoms with Crippen LogP contribution < -0.4 is 4.90 Å². The number of rotatable bonds is 3. The maximum atomic E-state index is 11.7. The van der Waals surface area contributed by atoms with Crippen molar-refractivity contribution in [3.63, 3.8) is 0 Å². The molecule has 7 heteroatoms. The van der Waals surface area contributed by atoms with Crippen LogP contribution in [0.3, 0.4) is 0 Å². The average Bonchev–Trinajstić information content (AvgIpc) is 2.88. The predicted molar refractivity (Wildman–Crippen MR) is 56.5 cm³/mol. The van der Waals surface area contributed by atoms with Crippen molar-refractivity contribution in [1.29, 1.82) is 0 Å². The van der Waals surface area contributed by atoms with Gasteiger partial charge >= 0.3 is 5.97 Å². The van der Waals surface area contributed by atoms with Gasteiger partial charge in [0, 0.05) is 18.9 Å². The molecule has 2 fully saturated rings. The Morgan fingerprint density at radius 2 is 2.24 bits per heavy atom. The van der Waals surface area contributed by atoms with Crippen LogP contribution in [0.4, 0.5) is 5.95 Å². The first kappa shape index (κ1) is 10.2. The Bertz CT molecular complexity index is 480. The number of carboxylic acids is 1. The summed E-state index contributed by atoms with van der Waals surface area (Å²) < 4.78 is 0. The minimum absolute atomic E-state index is 0.0304. The standard InChI is InChI=1S/C10H12N4O3/c15-7-3-6(9(16)17)4-14(7)10-11-8(12-13-10)5-1-2-5/h5-6H,1-4H2,(H,16,17)(H,11,12,13). The van der Waals surface area contributed by atoms with E-state index < -0.39 is 11.9 Å². The number of hydrogen-bond donors (Lipinski definition) is 2. The summed E-state index contributed by atoms with van der Waals surface area (Å²) in [5.74, 6) is -0.278. The number of hydrogen-bond acceptors (Lipinski definition) is 4. The monoisotopic (exact) mass is 236 g/mol. The lowest BCUT2D eigenvalue weighted by Gasteiger charge is -2.09. The third kappa shape index (κ3) is 1.77. The van der Waals surface area contributed by atoms with E-state index in [0.29, 0.717) is 11.9 Å². The molecule has 0 radical (unpaired) electrons. The molecule has 1 saturated carbocycles. The topological polar surface area (TPSA) is 99.2 Å². The third-order valence-electron chi connectivity index (χ3n) is 3.17. The van der Waals surface area contributed by atoms with Crippen molar-refractivity contribution in [3.8, 4) is 0 Å². The first-order chi connectivity index (χ1) is 8.15. The number of nitrogens with one attached hydrogen (secondary N) is 1. The summed E-state index contributed by atoms with van der Waals surface area (Å²) in [6, 6.07) is 0. The Morgan fingerprint density at radius 1 is 1.47 bits per heavy atom. The van der Waals surface area contributed by atoms with Crippen LogP contribution in [0.15, 0.2) is 0 Å². The lowest BCUT2D eigenvalue weighted by Crippen LogP contribution is -2.26. The summed E-state index contributed by atoms with van der Waals surface area (Å²) in [5.41, 5.74) is 0. The highest BCUT2D eigenvalue weighted by Crippen LogP contribution is 2.38. The predicted octanol–water partition coefficient (Wildman–Crippen LogP) is 0.120. The van der Waals surface area contributed by atoms with Crippen molar-refractivity contribution in [1.82, 2.24) is 15.2 Å². The van der Waals surface area contributed by atoms with Gasteiger partial charge in [-0.05, 0) is 12.8 Å². The van der Waals surface area contributed by atoms with Crippen LogP contribution in [0.1, 0.15) is 31.0 Å². The maximum Gasteiger partial charge on any atom is 0.308 e. The Labute approximate surface area is 96.8 Å². The average molecular weight is 236 g/mol. The molecule has 2 N–H and O–H groups in total. The number of H-pyrrole nitrogens is 1. The van der Waals surface area contributed by atoms with Crippen molar-refractivity contribution in [2.24, 2.45) is 5.92 Å². The van der Waals surface area contributed by atoms with Gasteiger partial charge in [-0.25, -0.2) is 0 Å². The van der Waals surface area contributed by atoms with E-state index in [-0.39, 0.29) is 18.9 Å². The summed E-state index contributed by atoms with van der Waals surface area (Å²) in [7, 11) is 0. The molecule has 1 unspecified atom stereocenters. The number of aliphatic carboxylic acids is 1. The second kappa shape index (κ2) is 3.54. The zero-order chi connectivity index (χ0) is 12.0. The van der Waals surface area contributed by atoms with Gasteiger partial charge in [0.1, 0.15) is 5.82 Å². The molecule has 2 aliphatic rings. The van der Waals surface area contributed by atoms with Gasteiger partial charge < -0.3 is 5.11 Å². The van der Waals surface area contributed by atoms with E-state index in [9.17, 15) is 9.59 Å². The van der Waals surface area contributed by atoms with E-state index in [1.165, 1.54) is 4.90 Å². The maximum absolute atomic E-state index is 11.7. The second-order valence-electron chi connectivity index (χ2n) is 4.54. The van der Waals surface area contributed by atoms with Crippen molar-refractivity contribution in [2.75, 3.05) is 11.4 Å². The summed E-state index contributed by atoms with van der Waals surface area (Å²) in [4.78, 5) is 28.1. The van der Waals surface area contributed by atoms with E-state index in [2.05, 4.69) is 15.2 Å². The molecule has 1 aromatic heterocycles. The highest BCUT2D eigenvalue weighted by Gasteiger charge is 2.37. The molecule has 1 saturated heterocycles. The van der Waals surface area contributed by atoms with Crippen molar-refractivity contribution in [2.45, 2.75) is 25.2 Å². The van der Waals surface area contributed by atoms with E-state index in [1.54, 1.807) is 0 Å². The highest BCUT2D eigenvalue weighted by molar-refractivity contribution is 5.97. The number of nitrogens with zero attached hydrogens (tertiary/aromatic N) is 3. The Morgan fingerprint density at radius 3 is 2.82 bits per heavy atom. The lowest BCUT2D eigenvalue weighted by atomic mass is 10.1. The molecule has 3 rings (SSSR count). The van der Waals surface area contributed by atoms with Crippen LogP contribution in [0, 0.1) is 5.92 Å². The smallest absolute Gasteiger partial charge is 0.308 e. The van der Waals surface area contributed by atoms with E-state index in [1.807, 2.05) is 0 Å². The van der Waals surface area contributed by atoms with Crippen molar-refractivity contribution < 1.29 is 14.7 Å². The van der Waals surface area contributed by atoms with Gasteiger partial charge in [-0.15, -0.1) is 5.10 Å². The van der Waals surface area contributed by atoms with Gasteiger partial charge in [0.15, 0.2) is 0 Å². The van der Waals surface area contributed by atoms with Gasteiger partial charge in [-0.3, -0.25) is 19.6 Å². The Balaban J connectivity index is 1.78. The molecule has 0 aromatic carbocycles. The second-order valence-corrected chi connectivity index (χ2v) is 4.54. The van der Waals surface area contributed by atoms with Crippen molar-refractivity contribution >= 4 is 17.8 Å². The molecule has 90 valence electrons. The number of aromatic amines is 1. The van der Waals surface area contributed by atoms with Gasteiger partial charge in [0.2, 0.25) is 5.91 Å². The molecule has 0 bridgehead atoms. The molecule has 1 atom stereocenters. The fraction of sp³-hybridized carbons (Fsp3) is 0.600. The fourth-order valence-corrected chi connectivity index (χ4v) is 1.99. The van der Waals surface area contributed by atoms with Gasteiger partial charge in [0.25, 0.3) is 5.95 Å². The zero-order valence-corrected chi connectivity index (χ0v) is 9.09. The summed E-state index contributed by atoms with van der Waals surface area (Å²) in [6.45, 7) is 0.163. The van der Waals surface area contributed by atoms with Crippen LogP contribution in [-0.4, -0.2) is 38.7 Å². The zero-order valence-electron chi connectivity index (χ0n) is 9.09. The molecule has 17 heavy (non-hydrogen) atoms. The summed E-state index contributed by atoms with van der Waals surface area (Å²) in [6.07, 6.45) is 2.23. The summed E-state index contributed by atoms with van der Waals surface area (Å²) >= 11 is 0. The van der Waals surface area contributed by atoms with Crippen LogP contribution in [0.25, 0.3) is 0 Å². The van der Waals surface area contributed by atoms with Crippen LogP contribution in [-0.2, 0) is 9.59 Å². The number of carboxylic acid groups (broad SMARTS) is 1. The highest BCUT2D eigenvalue weighted by atomic mass is 16.4. The molecule has 7 nitrogen and oxygen atoms in total. The molecule has 1 aliphatic heterocycles. The van der Waals surface area contributed by atoms with Crippen molar-refractivity contribution in [3.05, 3.63) is 5.82 Å². The van der Waals surface area contributed by atoms with Crippen LogP contribution in [0.5, 0.6) is 0 Å². The largest absolute Gasteiger partial charge is 0.481 e. The summed E-state index contributed by atoms with van der Waals surface area (Å²) in [5, 5.41) is 15.7. The van der Waals surface area contributed by atoms with E-state index >= 15 is 0 Å². The van der Waals surface area contributed by atoms with Crippen LogP contribution in [0.2, 0.25) is 0 Å². The molecular formula is C10H12N4O3. The van der Waals surface area contributed by atoms with Gasteiger partial charge in [0.05, 0.1) is 5.92 Å². The fourth-order valence-electron chi connectivity index (χ4n) is 1.99. The molecule has 1 amide bonds. The van der Waals surface area contributed by atoms with Gasteiger partial charge in [-0.2, -0.15) is 4.98 Å². The lowest BCUT2D eigenvalue weighted by molar-refractivity contribution is -0.141. The minimum atomic E-state index is -0.946. The first-order valence-electron chi connectivity index (χ1n) is 5.60. The number of carbonyl (C=O) groups excluding carboxylic acids is 1. The molecule has 1 aliphatic carbocycles. The van der Waals surface area contributed by atoms with Gasteiger partial charge in [-0.1, -0.05) is 0 Å². The quantitative estimate of drug-likeness (QED) is 0.776. The normalized spacial score (nSPS) is 24.4. The van der Waals surface area contributed by atoms with E-state index in [0.717, 1.165) is 18.7 Å². The Hall–Kier alpha value is -1.92. The molecule has 0 spiro atoms. The SMILES string of the molecule is O=C(O)C1CC(=O)N(c2n[nH]c(C3CC3)n2)C1. The van der Waals surface area contributed by atoms with Crippen LogP contribution >= 0.6 is 0 Å². The molecular weight excluding hydrogens is 224 g/mol. The number of carbonyl (C=O) groups is 2. The first-order valence-corrected chi connectivity index (χ1v) is 5.60. The number of anilines is 1. The molecule has 2 heterocycles. The van der Waals surface area contributed by atoms with E-state index in [4.69, 9.17) is 5.11 Å².